The van der Waals surface area contributed by atoms with E-state index in [1.54, 1.807) is 7.11 Å². The Bertz CT molecular complexity index is 596. The molecule has 0 aliphatic carbocycles. The van der Waals surface area contributed by atoms with E-state index in [1.165, 1.54) is 11.3 Å². The van der Waals surface area contributed by atoms with Crippen molar-refractivity contribution in [2.75, 3.05) is 7.11 Å². The summed E-state index contributed by atoms with van der Waals surface area (Å²) in [6.07, 6.45) is 0. The molecule has 4 heteroatoms. The number of aryl methyl sites for hydroxylation is 2. The first-order valence-corrected chi connectivity index (χ1v) is 6.05. The molecule has 0 atom stereocenters. The lowest BCUT2D eigenvalue weighted by Crippen LogP contribution is -1.93. The van der Waals surface area contributed by atoms with E-state index in [2.05, 4.69) is 17.1 Å². The van der Waals surface area contributed by atoms with Gasteiger partial charge in [-0.15, -0.1) is 11.3 Å². The molecule has 1 heterocycles. The van der Waals surface area contributed by atoms with E-state index in [9.17, 15) is 0 Å². The minimum atomic E-state index is 0.474. The zero-order valence-corrected chi connectivity index (χ0v) is 10.8. The topological polar surface area (TPSA) is 45.9 Å². The number of nitriles is 1. The van der Waals surface area contributed by atoms with Gasteiger partial charge in [0.15, 0.2) is 5.01 Å². The molecule has 0 saturated carbocycles. The van der Waals surface area contributed by atoms with Crippen molar-refractivity contribution in [3.63, 3.8) is 0 Å². The highest BCUT2D eigenvalue weighted by Crippen LogP contribution is 2.34. The molecule has 17 heavy (non-hydrogen) atoms. The van der Waals surface area contributed by atoms with E-state index in [0.717, 1.165) is 28.1 Å². The summed E-state index contributed by atoms with van der Waals surface area (Å²) in [5.74, 6) is 0.803. The first-order valence-electron chi connectivity index (χ1n) is 5.17. The van der Waals surface area contributed by atoms with Crippen molar-refractivity contribution in [3.05, 3.63) is 33.6 Å². The van der Waals surface area contributed by atoms with Crippen LogP contribution in [0.15, 0.2) is 17.5 Å². The number of hydrogen-bond acceptors (Lipinski definition) is 4. The Morgan fingerprint density at radius 2 is 2.12 bits per heavy atom. The molecule has 0 saturated heterocycles. The van der Waals surface area contributed by atoms with Gasteiger partial charge in [0.1, 0.15) is 11.8 Å². The van der Waals surface area contributed by atoms with Gasteiger partial charge < -0.3 is 4.74 Å². The number of aromatic nitrogens is 1. The van der Waals surface area contributed by atoms with Crippen molar-refractivity contribution in [3.8, 4) is 23.1 Å². The van der Waals surface area contributed by atoms with E-state index in [4.69, 9.17) is 10.00 Å². The number of hydrogen-bond donors (Lipinski definition) is 0. The molecule has 2 aromatic rings. The van der Waals surface area contributed by atoms with Crippen LogP contribution in [0.2, 0.25) is 0 Å². The quantitative estimate of drug-likeness (QED) is 0.814. The Balaban J connectivity index is 2.62. The Labute approximate surface area is 104 Å². The lowest BCUT2D eigenvalue weighted by Gasteiger charge is -2.10. The molecule has 0 fully saturated rings. The summed E-state index contributed by atoms with van der Waals surface area (Å²) in [6, 6.07) is 6.12. The molecule has 0 bridgehead atoms. The molecule has 0 N–H and O–H groups in total. The molecule has 2 rings (SSSR count). The molecular weight excluding hydrogens is 232 g/mol. The van der Waals surface area contributed by atoms with Crippen molar-refractivity contribution in [2.45, 2.75) is 13.8 Å². The molecular formula is C13H12N2OS. The maximum absolute atomic E-state index is 8.80. The van der Waals surface area contributed by atoms with Gasteiger partial charge in [-0.25, -0.2) is 4.98 Å². The molecule has 1 aromatic heterocycles. The second-order valence-electron chi connectivity index (χ2n) is 3.81. The lowest BCUT2D eigenvalue weighted by atomic mass is 10.0. The van der Waals surface area contributed by atoms with Gasteiger partial charge in [0, 0.05) is 10.9 Å². The average Bonchev–Trinajstić information content (AvgIpc) is 2.76. The van der Waals surface area contributed by atoms with Crippen molar-refractivity contribution in [1.29, 1.82) is 5.26 Å². The van der Waals surface area contributed by atoms with Crippen molar-refractivity contribution in [1.82, 2.24) is 4.98 Å². The van der Waals surface area contributed by atoms with Gasteiger partial charge in [0.05, 0.1) is 12.8 Å². The van der Waals surface area contributed by atoms with Crippen LogP contribution in [0.5, 0.6) is 5.75 Å². The fourth-order valence-corrected chi connectivity index (χ4v) is 2.46. The van der Waals surface area contributed by atoms with E-state index < -0.39 is 0 Å². The maximum atomic E-state index is 8.80. The lowest BCUT2D eigenvalue weighted by molar-refractivity contribution is 0.415. The number of methoxy groups -OCH3 is 1. The second kappa shape index (κ2) is 4.56. The highest BCUT2D eigenvalue weighted by atomic mass is 32.1. The molecule has 0 radical (unpaired) electrons. The third-order valence-corrected chi connectivity index (χ3v) is 3.27. The Kier molecular flexibility index (Phi) is 3.12. The van der Waals surface area contributed by atoms with Crippen LogP contribution < -0.4 is 4.74 Å². The number of benzene rings is 1. The summed E-state index contributed by atoms with van der Waals surface area (Å²) < 4.78 is 5.39. The first kappa shape index (κ1) is 11.6. The van der Waals surface area contributed by atoms with Crippen LogP contribution in [-0.2, 0) is 0 Å². The maximum Gasteiger partial charge on any atom is 0.194 e. The first-order chi connectivity index (χ1) is 8.15. The van der Waals surface area contributed by atoms with Gasteiger partial charge in [-0.3, -0.25) is 0 Å². The van der Waals surface area contributed by atoms with Gasteiger partial charge in [-0.2, -0.15) is 5.26 Å². The normalized spacial score (nSPS) is 10.0. The minimum absolute atomic E-state index is 0.474. The third-order valence-electron chi connectivity index (χ3n) is 2.52. The number of ether oxygens (including phenoxy) is 1. The van der Waals surface area contributed by atoms with Crippen LogP contribution in [-0.4, -0.2) is 12.1 Å². The molecule has 0 aliphatic heterocycles. The van der Waals surface area contributed by atoms with E-state index >= 15 is 0 Å². The molecule has 0 amide bonds. The molecule has 3 nitrogen and oxygen atoms in total. The fraction of sp³-hybridized carbons (Fsp3) is 0.231. The Morgan fingerprint density at radius 3 is 2.71 bits per heavy atom. The summed E-state index contributed by atoms with van der Waals surface area (Å²) >= 11 is 1.35. The second-order valence-corrected chi connectivity index (χ2v) is 4.67. The molecule has 0 aliphatic rings. The van der Waals surface area contributed by atoms with Gasteiger partial charge >= 0.3 is 0 Å². The molecule has 0 spiro atoms. The average molecular weight is 244 g/mol. The summed E-state index contributed by atoms with van der Waals surface area (Å²) in [5.41, 5.74) is 4.03. The standard InChI is InChI=1S/C13H12N2OS/c1-8-4-9(2)13(11(5-8)16-3)10-7-17-12(6-14)15-10/h4-5,7H,1-3H3. The van der Waals surface area contributed by atoms with E-state index in [1.807, 2.05) is 25.3 Å². The summed E-state index contributed by atoms with van der Waals surface area (Å²) in [5, 5.41) is 11.2. The highest BCUT2D eigenvalue weighted by molar-refractivity contribution is 7.10. The molecule has 1 aromatic carbocycles. The number of rotatable bonds is 2. The predicted molar refractivity (Wildman–Crippen MR) is 68.3 cm³/mol. The van der Waals surface area contributed by atoms with Crippen LogP contribution in [0.3, 0.4) is 0 Å². The zero-order chi connectivity index (χ0) is 12.4. The van der Waals surface area contributed by atoms with Gasteiger partial charge in [0.2, 0.25) is 0 Å². The fourth-order valence-electron chi connectivity index (χ4n) is 1.86. The molecule has 0 unspecified atom stereocenters. The van der Waals surface area contributed by atoms with Crippen molar-refractivity contribution >= 4 is 11.3 Å². The smallest absolute Gasteiger partial charge is 0.194 e. The Morgan fingerprint density at radius 1 is 1.35 bits per heavy atom. The van der Waals surface area contributed by atoms with Crippen molar-refractivity contribution in [2.24, 2.45) is 0 Å². The van der Waals surface area contributed by atoms with E-state index in [0.29, 0.717) is 5.01 Å². The van der Waals surface area contributed by atoms with Gasteiger partial charge in [-0.05, 0) is 31.0 Å². The SMILES string of the molecule is COc1cc(C)cc(C)c1-c1csc(C#N)n1. The van der Waals surface area contributed by atoms with Crippen molar-refractivity contribution < 1.29 is 4.74 Å². The number of nitrogens with zero attached hydrogens (tertiary/aromatic N) is 2. The highest BCUT2D eigenvalue weighted by Gasteiger charge is 2.13. The number of thiazole rings is 1. The summed E-state index contributed by atoms with van der Waals surface area (Å²) in [4.78, 5) is 4.28. The molecule has 86 valence electrons. The summed E-state index contributed by atoms with van der Waals surface area (Å²) in [7, 11) is 1.65. The Hall–Kier alpha value is -1.86. The van der Waals surface area contributed by atoms with Gasteiger partial charge in [0.25, 0.3) is 0 Å². The zero-order valence-electron chi connectivity index (χ0n) is 9.94. The van der Waals surface area contributed by atoms with Crippen LogP contribution in [0.1, 0.15) is 16.1 Å². The van der Waals surface area contributed by atoms with Crippen LogP contribution in [0.25, 0.3) is 11.3 Å². The van der Waals surface area contributed by atoms with Crippen LogP contribution >= 0.6 is 11.3 Å². The van der Waals surface area contributed by atoms with E-state index in [-0.39, 0.29) is 0 Å². The predicted octanol–water partition coefficient (Wildman–Crippen LogP) is 3.31. The monoisotopic (exact) mass is 244 g/mol. The van der Waals surface area contributed by atoms with Crippen LogP contribution in [0, 0.1) is 25.2 Å². The summed E-state index contributed by atoms with van der Waals surface area (Å²) in [6.45, 7) is 4.05. The third kappa shape index (κ3) is 2.15. The van der Waals surface area contributed by atoms with Gasteiger partial charge in [-0.1, -0.05) is 6.07 Å². The van der Waals surface area contributed by atoms with Crippen LogP contribution in [0.4, 0.5) is 0 Å². The largest absolute Gasteiger partial charge is 0.496 e. The minimum Gasteiger partial charge on any atom is -0.496 e.